The van der Waals surface area contributed by atoms with E-state index in [9.17, 15) is 9.59 Å². The monoisotopic (exact) mass is 316 g/mol. The van der Waals surface area contributed by atoms with Gasteiger partial charge in [0.2, 0.25) is 0 Å². The van der Waals surface area contributed by atoms with Crippen molar-refractivity contribution in [1.82, 2.24) is 14.9 Å². The van der Waals surface area contributed by atoms with Crippen LogP contribution in [-0.4, -0.2) is 58.7 Å². The summed E-state index contributed by atoms with van der Waals surface area (Å²) in [6.07, 6.45) is 1.58. The Hall–Kier alpha value is -2.87. The van der Waals surface area contributed by atoms with Crippen LogP contribution in [0.3, 0.4) is 0 Å². The minimum absolute atomic E-state index is 0.112. The molecule has 0 aliphatic carbocycles. The van der Waals surface area contributed by atoms with Crippen molar-refractivity contribution in [1.29, 1.82) is 0 Å². The molecule has 1 amide bonds. The van der Waals surface area contributed by atoms with Crippen molar-refractivity contribution in [2.45, 2.75) is 0 Å². The number of ether oxygens (including phenoxy) is 1. The molecule has 0 radical (unpaired) electrons. The fourth-order valence-electron chi connectivity index (χ4n) is 2.51. The number of esters is 1. The molecule has 2 heterocycles. The zero-order valence-corrected chi connectivity index (χ0v) is 12.5. The number of hydrogen-bond donors (Lipinski definition) is 3. The fraction of sp³-hybridized carbons (Fsp3) is 0.267. The molecular weight excluding hydrogens is 300 g/mol. The van der Waals surface area contributed by atoms with E-state index in [4.69, 9.17) is 9.84 Å². The Bertz CT molecular complexity index is 796. The van der Waals surface area contributed by atoms with Gasteiger partial charge in [-0.3, -0.25) is 4.79 Å². The Balaban J connectivity index is 1.92. The number of rotatable bonds is 5. The lowest BCUT2D eigenvalue weighted by Gasteiger charge is -2.15. The van der Waals surface area contributed by atoms with Crippen molar-refractivity contribution < 1.29 is 19.4 Å². The van der Waals surface area contributed by atoms with Crippen LogP contribution in [0.1, 0.15) is 0 Å². The van der Waals surface area contributed by atoms with Crippen molar-refractivity contribution in [2.24, 2.45) is 0 Å². The SMILES string of the molecule is COC(=O)C1=C(Nc2ccc3nc[nH]c3c2)C(=O)N(CCO)C1. The van der Waals surface area contributed by atoms with Crippen molar-refractivity contribution >= 4 is 28.6 Å². The maximum atomic E-state index is 12.4. The number of amides is 1. The predicted octanol–water partition coefficient (Wildman–Crippen LogP) is 0.236. The number of nitrogens with zero attached hydrogens (tertiary/aromatic N) is 2. The third-order valence-electron chi connectivity index (χ3n) is 3.64. The van der Waals surface area contributed by atoms with E-state index in [1.165, 1.54) is 12.0 Å². The molecule has 3 rings (SSSR count). The average molecular weight is 316 g/mol. The van der Waals surface area contributed by atoms with Crippen LogP contribution in [0.2, 0.25) is 0 Å². The van der Waals surface area contributed by atoms with Gasteiger partial charge in [-0.1, -0.05) is 0 Å². The first kappa shape index (κ1) is 15.0. The molecule has 0 atom stereocenters. The van der Waals surface area contributed by atoms with Crippen LogP contribution in [0.4, 0.5) is 5.69 Å². The van der Waals surface area contributed by atoms with E-state index < -0.39 is 5.97 Å². The summed E-state index contributed by atoms with van der Waals surface area (Å²) >= 11 is 0. The number of H-pyrrole nitrogens is 1. The third-order valence-corrected chi connectivity index (χ3v) is 3.64. The van der Waals surface area contributed by atoms with E-state index in [0.717, 1.165) is 11.0 Å². The average Bonchev–Trinajstić information content (AvgIpc) is 3.13. The number of imidazole rings is 1. The van der Waals surface area contributed by atoms with E-state index in [1.54, 1.807) is 24.5 Å². The number of nitrogens with one attached hydrogen (secondary N) is 2. The number of aliphatic hydroxyl groups excluding tert-OH is 1. The van der Waals surface area contributed by atoms with Gasteiger partial charge in [-0.25, -0.2) is 9.78 Å². The molecule has 1 aliphatic heterocycles. The minimum Gasteiger partial charge on any atom is -0.466 e. The van der Waals surface area contributed by atoms with Crippen LogP contribution in [0.5, 0.6) is 0 Å². The van der Waals surface area contributed by atoms with Crippen LogP contribution in [-0.2, 0) is 14.3 Å². The molecule has 120 valence electrons. The van der Waals surface area contributed by atoms with Crippen molar-refractivity contribution in [2.75, 3.05) is 32.1 Å². The second-order valence-corrected chi connectivity index (χ2v) is 5.05. The van der Waals surface area contributed by atoms with Gasteiger partial charge in [0.1, 0.15) is 5.70 Å². The molecule has 1 aromatic heterocycles. The first-order chi connectivity index (χ1) is 11.1. The molecule has 0 unspecified atom stereocenters. The van der Waals surface area contributed by atoms with Crippen LogP contribution in [0, 0.1) is 0 Å². The molecule has 0 saturated carbocycles. The molecule has 3 N–H and O–H groups in total. The summed E-state index contributed by atoms with van der Waals surface area (Å²) in [4.78, 5) is 32.8. The van der Waals surface area contributed by atoms with Gasteiger partial charge < -0.3 is 25.0 Å². The zero-order valence-electron chi connectivity index (χ0n) is 12.5. The number of carbonyl (C=O) groups is 2. The number of fused-ring (bicyclic) bond motifs is 1. The fourth-order valence-corrected chi connectivity index (χ4v) is 2.51. The molecule has 0 spiro atoms. The number of methoxy groups -OCH3 is 1. The largest absolute Gasteiger partial charge is 0.466 e. The highest BCUT2D eigenvalue weighted by Gasteiger charge is 2.34. The van der Waals surface area contributed by atoms with Gasteiger partial charge in [0.25, 0.3) is 5.91 Å². The van der Waals surface area contributed by atoms with Crippen LogP contribution >= 0.6 is 0 Å². The number of carbonyl (C=O) groups excluding carboxylic acids is 2. The quantitative estimate of drug-likeness (QED) is 0.682. The molecule has 23 heavy (non-hydrogen) atoms. The van der Waals surface area contributed by atoms with E-state index in [0.29, 0.717) is 5.69 Å². The van der Waals surface area contributed by atoms with E-state index in [2.05, 4.69) is 15.3 Å². The molecule has 1 aromatic carbocycles. The van der Waals surface area contributed by atoms with Gasteiger partial charge in [0.05, 0.1) is 43.2 Å². The smallest absolute Gasteiger partial charge is 0.337 e. The van der Waals surface area contributed by atoms with Gasteiger partial charge >= 0.3 is 5.97 Å². The van der Waals surface area contributed by atoms with E-state index >= 15 is 0 Å². The Labute approximate surface area is 131 Å². The van der Waals surface area contributed by atoms with Crippen LogP contribution in [0.15, 0.2) is 35.8 Å². The maximum absolute atomic E-state index is 12.4. The first-order valence-electron chi connectivity index (χ1n) is 7.05. The molecule has 8 heteroatoms. The summed E-state index contributed by atoms with van der Waals surface area (Å²) in [6.45, 7) is 0.0956. The predicted molar refractivity (Wildman–Crippen MR) is 82.4 cm³/mol. The van der Waals surface area contributed by atoms with Gasteiger partial charge in [0, 0.05) is 12.2 Å². The van der Waals surface area contributed by atoms with Gasteiger partial charge in [-0.15, -0.1) is 0 Å². The molecule has 2 aromatic rings. The third kappa shape index (κ3) is 2.76. The highest BCUT2D eigenvalue weighted by Crippen LogP contribution is 2.24. The molecule has 8 nitrogen and oxygen atoms in total. The Morgan fingerprint density at radius 2 is 2.35 bits per heavy atom. The van der Waals surface area contributed by atoms with Crippen molar-refractivity contribution in [3.8, 4) is 0 Å². The highest BCUT2D eigenvalue weighted by atomic mass is 16.5. The summed E-state index contributed by atoms with van der Waals surface area (Å²) in [5.74, 6) is -0.909. The Kier molecular flexibility index (Phi) is 3.98. The lowest BCUT2D eigenvalue weighted by molar-refractivity contribution is -0.136. The Morgan fingerprint density at radius 1 is 1.52 bits per heavy atom. The maximum Gasteiger partial charge on any atom is 0.337 e. The van der Waals surface area contributed by atoms with Crippen LogP contribution < -0.4 is 5.32 Å². The summed E-state index contributed by atoms with van der Waals surface area (Å²) in [6, 6.07) is 5.37. The molecule has 1 aliphatic rings. The molecular formula is C15H16N4O4. The van der Waals surface area contributed by atoms with E-state index in [-0.39, 0.29) is 36.9 Å². The topological polar surface area (TPSA) is 108 Å². The van der Waals surface area contributed by atoms with Crippen molar-refractivity contribution in [3.05, 3.63) is 35.8 Å². The van der Waals surface area contributed by atoms with Crippen LogP contribution in [0.25, 0.3) is 11.0 Å². The number of hydrogen-bond acceptors (Lipinski definition) is 6. The molecule has 0 bridgehead atoms. The number of aromatic amines is 1. The first-order valence-corrected chi connectivity index (χ1v) is 7.05. The Morgan fingerprint density at radius 3 is 3.09 bits per heavy atom. The number of β-amino-alcohol motifs (C(OH)–C–C–N with tert-alkyl or cyclic N) is 1. The highest BCUT2D eigenvalue weighted by molar-refractivity contribution is 6.08. The van der Waals surface area contributed by atoms with Crippen molar-refractivity contribution in [3.63, 3.8) is 0 Å². The van der Waals surface area contributed by atoms with Gasteiger partial charge in [0.15, 0.2) is 0 Å². The molecule has 0 fully saturated rings. The summed E-state index contributed by atoms with van der Waals surface area (Å²) in [5, 5.41) is 12.0. The number of anilines is 1. The van der Waals surface area contributed by atoms with E-state index in [1.807, 2.05) is 0 Å². The lowest BCUT2D eigenvalue weighted by Crippen LogP contribution is -2.31. The summed E-state index contributed by atoms with van der Waals surface area (Å²) in [5.41, 5.74) is 2.68. The minimum atomic E-state index is -0.566. The normalized spacial score (nSPS) is 14.7. The number of benzene rings is 1. The van der Waals surface area contributed by atoms with Gasteiger partial charge in [-0.2, -0.15) is 0 Å². The second-order valence-electron chi connectivity index (χ2n) is 5.05. The lowest BCUT2D eigenvalue weighted by atomic mass is 10.2. The summed E-state index contributed by atoms with van der Waals surface area (Å²) in [7, 11) is 1.27. The standard InChI is InChI=1S/C15H16N4O4/c1-23-15(22)10-7-19(4-5-20)14(21)13(10)18-9-2-3-11-12(6-9)17-8-16-11/h2-3,6,8,18,20H,4-5,7H2,1H3,(H,16,17). The number of aromatic nitrogens is 2. The summed E-state index contributed by atoms with van der Waals surface area (Å²) < 4.78 is 4.74. The molecule has 0 saturated heterocycles. The number of aliphatic hydroxyl groups is 1. The zero-order chi connectivity index (χ0) is 16.4. The van der Waals surface area contributed by atoms with Gasteiger partial charge in [-0.05, 0) is 18.2 Å². The second kappa shape index (κ2) is 6.09.